The lowest BCUT2D eigenvalue weighted by Crippen LogP contribution is -2.58. The molecule has 8 nitrogen and oxygen atoms in total. The van der Waals surface area contributed by atoms with Crippen LogP contribution in [0.2, 0.25) is 0 Å². The number of amides is 1. The van der Waals surface area contributed by atoms with E-state index in [9.17, 15) is 34.8 Å². The fourth-order valence-corrected chi connectivity index (χ4v) is 5.43. The van der Waals surface area contributed by atoms with Crippen molar-refractivity contribution in [3.05, 3.63) is 45.7 Å². The number of primary amides is 1. The number of aliphatic hydroxyl groups excluding tert-OH is 2. The van der Waals surface area contributed by atoms with Crippen LogP contribution in [0.25, 0.3) is 5.76 Å². The zero-order valence-corrected chi connectivity index (χ0v) is 18.9. The number of phenolic OH excluding ortho intramolecular Hbond substituents is 1. The predicted molar refractivity (Wildman–Crippen MR) is 119 cm³/mol. The lowest BCUT2D eigenvalue weighted by molar-refractivity contribution is -0.147. The molecule has 0 saturated heterocycles. The number of benzene rings is 1. The maximum Gasteiger partial charge on any atom is 0.255 e. The molecule has 33 heavy (non-hydrogen) atoms. The number of aliphatic hydroxyl groups is 3. The van der Waals surface area contributed by atoms with Gasteiger partial charge >= 0.3 is 0 Å². The lowest BCUT2D eigenvalue weighted by Gasteiger charge is -2.46. The molecule has 0 aromatic heterocycles. The Morgan fingerprint density at radius 3 is 2.42 bits per heavy atom. The van der Waals surface area contributed by atoms with Gasteiger partial charge in [-0.15, -0.1) is 0 Å². The molecule has 0 heterocycles. The lowest BCUT2D eigenvalue weighted by atomic mass is 9.59. The molecule has 4 rings (SSSR count). The molecule has 0 aliphatic heterocycles. The molecule has 0 radical (unpaired) electrons. The third-order valence-corrected chi connectivity index (χ3v) is 7.19. The monoisotopic (exact) mass is 455 g/mol. The highest BCUT2D eigenvalue weighted by Crippen LogP contribution is 2.52. The second-order valence-corrected chi connectivity index (χ2v) is 10.6. The van der Waals surface area contributed by atoms with Crippen LogP contribution in [0.5, 0.6) is 5.75 Å². The number of phenols is 1. The molecule has 3 aliphatic carbocycles. The van der Waals surface area contributed by atoms with Crippen LogP contribution in [-0.4, -0.2) is 43.5 Å². The average molecular weight is 456 g/mol. The first-order valence-corrected chi connectivity index (χ1v) is 11.1. The number of hydrogen-bond acceptors (Lipinski definition) is 7. The summed E-state index contributed by atoms with van der Waals surface area (Å²) in [6.07, 6.45) is 1.74. The van der Waals surface area contributed by atoms with Gasteiger partial charge in [-0.05, 0) is 54.2 Å². The highest BCUT2D eigenvalue weighted by atomic mass is 16.3. The van der Waals surface area contributed by atoms with Crippen molar-refractivity contribution in [2.24, 2.45) is 23.0 Å². The summed E-state index contributed by atoms with van der Waals surface area (Å²) in [4.78, 5) is 37.6. The first kappa shape index (κ1) is 23.0. The van der Waals surface area contributed by atoms with Crippen LogP contribution < -0.4 is 5.73 Å². The zero-order valence-electron chi connectivity index (χ0n) is 18.9. The SMILES string of the molecule is CC(C)(C)CCc1ccc(O)c2c1CC1CC3CC(=O)C(C(N)=O)=C(O)C3(O)C(=O)C1=C2O. The van der Waals surface area contributed by atoms with E-state index in [2.05, 4.69) is 20.8 Å². The Bertz CT molecular complexity index is 1150. The minimum atomic E-state index is -2.53. The number of fused-ring (bicyclic) bond motifs is 3. The second-order valence-electron chi connectivity index (χ2n) is 10.6. The highest BCUT2D eigenvalue weighted by Gasteiger charge is 2.60. The van der Waals surface area contributed by atoms with Crippen molar-refractivity contribution in [1.82, 2.24) is 0 Å². The Balaban J connectivity index is 1.85. The number of carbonyl (C=O) groups excluding carboxylic acids is 3. The zero-order chi connectivity index (χ0) is 24.5. The molecule has 1 saturated carbocycles. The molecule has 3 atom stereocenters. The molecule has 0 spiro atoms. The van der Waals surface area contributed by atoms with Crippen molar-refractivity contribution in [2.45, 2.75) is 58.5 Å². The van der Waals surface area contributed by atoms with E-state index in [4.69, 9.17) is 5.73 Å². The Morgan fingerprint density at radius 2 is 1.82 bits per heavy atom. The third-order valence-electron chi connectivity index (χ3n) is 7.19. The fraction of sp³-hybridized carbons (Fsp3) is 0.480. The molecule has 1 aromatic carbocycles. The van der Waals surface area contributed by atoms with Crippen LogP contribution >= 0.6 is 0 Å². The predicted octanol–water partition coefficient (Wildman–Crippen LogP) is 2.40. The van der Waals surface area contributed by atoms with Crippen LogP contribution in [-0.2, 0) is 27.2 Å². The van der Waals surface area contributed by atoms with Crippen LogP contribution in [0, 0.1) is 17.3 Å². The minimum Gasteiger partial charge on any atom is -0.508 e. The number of ketones is 2. The molecule has 1 amide bonds. The van der Waals surface area contributed by atoms with E-state index in [0.29, 0.717) is 12.8 Å². The number of Topliss-reactive ketones (excluding diaryl/α,β-unsaturated/α-hetero) is 2. The third kappa shape index (κ3) is 3.44. The molecule has 1 fully saturated rings. The van der Waals surface area contributed by atoms with Crippen LogP contribution in [0.3, 0.4) is 0 Å². The van der Waals surface area contributed by atoms with E-state index in [0.717, 1.165) is 17.5 Å². The van der Waals surface area contributed by atoms with Gasteiger partial charge in [-0.2, -0.15) is 0 Å². The minimum absolute atomic E-state index is 0.0736. The van der Waals surface area contributed by atoms with E-state index < -0.39 is 52.0 Å². The number of nitrogens with two attached hydrogens (primary N) is 1. The molecule has 3 aliphatic rings. The van der Waals surface area contributed by atoms with Gasteiger partial charge in [-0.3, -0.25) is 14.4 Å². The summed E-state index contributed by atoms with van der Waals surface area (Å²) in [6.45, 7) is 6.36. The van der Waals surface area contributed by atoms with Gasteiger partial charge in [0.2, 0.25) is 5.78 Å². The Labute approximate surface area is 191 Å². The summed E-state index contributed by atoms with van der Waals surface area (Å²) >= 11 is 0. The number of aryl methyl sites for hydroxylation is 1. The smallest absolute Gasteiger partial charge is 0.255 e. The van der Waals surface area contributed by atoms with Gasteiger partial charge in [0, 0.05) is 17.9 Å². The quantitative estimate of drug-likeness (QED) is 0.438. The summed E-state index contributed by atoms with van der Waals surface area (Å²) in [5, 5.41) is 43.5. The van der Waals surface area contributed by atoms with E-state index in [1.165, 1.54) is 6.07 Å². The van der Waals surface area contributed by atoms with Gasteiger partial charge in [0.15, 0.2) is 11.4 Å². The number of aromatic hydroxyl groups is 1. The fourth-order valence-electron chi connectivity index (χ4n) is 5.43. The molecule has 0 bridgehead atoms. The Morgan fingerprint density at radius 1 is 1.15 bits per heavy atom. The van der Waals surface area contributed by atoms with Gasteiger partial charge in [-0.1, -0.05) is 26.8 Å². The standard InChI is InChI=1S/C25H29NO7/c1-24(2,3)7-6-11-4-5-15(27)18-14(11)9-12-8-13-10-16(28)19(23(26)32)22(31)25(13,33)21(30)17(12)20(18)29/h4-5,12-13,27,29,31,33H,6-10H2,1-3H3,(H2,26,32). The van der Waals surface area contributed by atoms with Crippen molar-refractivity contribution in [2.75, 3.05) is 0 Å². The Hall–Kier alpha value is -3.13. The molecule has 3 unspecified atom stereocenters. The number of hydrogen-bond donors (Lipinski definition) is 5. The Kier molecular flexibility index (Phi) is 5.20. The highest BCUT2D eigenvalue weighted by molar-refractivity contribution is 6.22. The summed E-state index contributed by atoms with van der Waals surface area (Å²) in [6, 6.07) is 3.29. The first-order valence-electron chi connectivity index (χ1n) is 11.1. The summed E-state index contributed by atoms with van der Waals surface area (Å²) in [5.41, 5.74) is 3.67. The van der Waals surface area contributed by atoms with Gasteiger partial charge < -0.3 is 26.2 Å². The number of rotatable bonds is 3. The largest absolute Gasteiger partial charge is 0.508 e. The topological polar surface area (TPSA) is 158 Å². The molecular weight excluding hydrogens is 426 g/mol. The van der Waals surface area contributed by atoms with Gasteiger partial charge in [0.1, 0.15) is 22.8 Å². The maximum atomic E-state index is 13.5. The molecule has 1 aromatic rings. The summed E-state index contributed by atoms with van der Waals surface area (Å²) in [5.74, 6) is -6.10. The van der Waals surface area contributed by atoms with Crippen LogP contribution in [0.4, 0.5) is 0 Å². The van der Waals surface area contributed by atoms with Gasteiger partial charge in [0.25, 0.3) is 5.91 Å². The van der Waals surface area contributed by atoms with Crippen LogP contribution in [0.15, 0.2) is 29.0 Å². The van der Waals surface area contributed by atoms with E-state index in [-0.39, 0.29) is 35.1 Å². The maximum absolute atomic E-state index is 13.5. The summed E-state index contributed by atoms with van der Waals surface area (Å²) in [7, 11) is 0. The summed E-state index contributed by atoms with van der Waals surface area (Å²) < 4.78 is 0. The normalized spacial score (nSPS) is 27.3. The van der Waals surface area contributed by atoms with E-state index >= 15 is 0 Å². The molecule has 8 heteroatoms. The van der Waals surface area contributed by atoms with E-state index in [1.54, 1.807) is 0 Å². The van der Waals surface area contributed by atoms with Crippen molar-refractivity contribution in [3.63, 3.8) is 0 Å². The molecular formula is C25H29NO7. The van der Waals surface area contributed by atoms with Crippen molar-refractivity contribution >= 4 is 23.2 Å². The van der Waals surface area contributed by atoms with Gasteiger partial charge in [0.05, 0.1) is 5.56 Å². The number of carbonyl (C=O) groups is 3. The van der Waals surface area contributed by atoms with Crippen LogP contribution in [0.1, 0.15) is 56.7 Å². The average Bonchev–Trinajstić information content (AvgIpc) is 2.69. The van der Waals surface area contributed by atoms with Crippen molar-refractivity contribution < 1.29 is 34.8 Å². The van der Waals surface area contributed by atoms with Crippen molar-refractivity contribution in [3.8, 4) is 5.75 Å². The second kappa shape index (κ2) is 7.45. The van der Waals surface area contributed by atoms with Gasteiger partial charge in [-0.25, -0.2) is 0 Å². The first-order chi connectivity index (χ1) is 15.3. The molecule has 176 valence electrons. The molecule has 6 N–H and O–H groups in total. The van der Waals surface area contributed by atoms with Crippen molar-refractivity contribution in [1.29, 1.82) is 0 Å². The van der Waals surface area contributed by atoms with E-state index in [1.807, 2.05) is 6.07 Å².